The Morgan fingerprint density at radius 3 is 2.39 bits per heavy atom. The molecule has 0 aliphatic carbocycles. The molecule has 28 heavy (non-hydrogen) atoms. The molecule has 0 bridgehead atoms. The van der Waals surface area contributed by atoms with Gasteiger partial charge in [-0.1, -0.05) is 23.2 Å². The van der Waals surface area contributed by atoms with Crippen LogP contribution in [0.25, 0.3) is 0 Å². The predicted octanol–water partition coefficient (Wildman–Crippen LogP) is 4.40. The predicted molar refractivity (Wildman–Crippen MR) is 112 cm³/mol. The largest absolute Gasteiger partial charge is 0.493 e. The van der Waals surface area contributed by atoms with E-state index in [4.69, 9.17) is 32.7 Å². The topological polar surface area (TPSA) is 55.8 Å². The lowest BCUT2D eigenvalue weighted by Gasteiger charge is -2.35. The van der Waals surface area contributed by atoms with Gasteiger partial charge in [-0.3, -0.25) is 4.90 Å². The van der Waals surface area contributed by atoms with Crippen LogP contribution >= 0.6 is 23.2 Å². The maximum Gasteiger partial charge on any atom is 0.178 e. The van der Waals surface area contributed by atoms with Crippen LogP contribution in [0, 0.1) is 0 Å². The first-order chi connectivity index (χ1) is 13.3. The zero-order valence-corrected chi connectivity index (χ0v) is 18.4. The molecule has 0 saturated carbocycles. The molecule has 0 radical (unpaired) electrons. The van der Waals surface area contributed by atoms with Crippen LogP contribution in [0.4, 0.5) is 0 Å². The number of hydrogen-bond acceptors (Lipinski definition) is 5. The third-order valence-electron chi connectivity index (χ3n) is 5.18. The van der Waals surface area contributed by atoms with E-state index in [1.807, 2.05) is 19.2 Å². The molecule has 2 aromatic carbocycles. The molecule has 1 unspecified atom stereocenters. The fourth-order valence-electron chi connectivity index (χ4n) is 3.58. The number of likely N-dealkylation sites (N-methyl/N-ethyl adjacent to an activating group) is 1. The van der Waals surface area contributed by atoms with Gasteiger partial charge in [0.25, 0.3) is 0 Å². The molecule has 1 aliphatic rings. The van der Waals surface area contributed by atoms with E-state index in [2.05, 4.69) is 4.90 Å². The second-order valence-corrected chi connectivity index (χ2v) is 9.76. The third-order valence-corrected chi connectivity index (χ3v) is 7.66. The summed E-state index contributed by atoms with van der Waals surface area (Å²) in [5, 5.41) is 0.572. The lowest BCUT2D eigenvalue weighted by atomic mass is 9.91. The molecule has 0 N–H and O–H groups in total. The summed E-state index contributed by atoms with van der Waals surface area (Å²) in [4.78, 5) is 2.37. The first-order valence-electron chi connectivity index (χ1n) is 8.89. The summed E-state index contributed by atoms with van der Waals surface area (Å²) in [5.74, 6) is 1.34. The van der Waals surface area contributed by atoms with Gasteiger partial charge in [-0.2, -0.15) is 0 Å². The number of sulfone groups is 1. The highest BCUT2D eigenvalue weighted by Gasteiger charge is 2.28. The molecule has 0 saturated heterocycles. The van der Waals surface area contributed by atoms with Crippen LogP contribution in [-0.2, 0) is 16.3 Å². The average molecular weight is 444 g/mol. The van der Waals surface area contributed by atoms with Crippen LogP contribution in [-0.4, -0.2) is 46.9 Å². The van der Waals surface area contributed by atoms with Crippen LogP contribution in [0.2, 0.25) is 10.0 Å². The maximum absolute atomic E-state index is 12.8. The van der Waals surface area contributed by atoms with Crippen molar-refractivity contribution in [2.75, 3.05) is 33.6 Å². The number of halogens is 2. The summed E-state index contributed by atoms with van der Waals surface area (Å²) in [7, 11) is 1.74. The van der Waals surface area contributed by atoms with E-state index in [-0.39, 0.29) is 21.7 Å². The normalized spacial score (nSPS) is 17.2. The van der Waals surface area contributed by atoms with Gasteiger partial charge in [0.1, 0.15) is 0 Å². The quantitative estimate of drug-likeness (QED) is 0.661. The first kappa shape index (κ1) is 21.2. The highest BCUT2D eigenvalue weighted by Crippen LogP contribution is 2.39. The first-order valence-corrected chi connectivity index (χ1v) is 11.3. The number of benzene rings is 2. The van der Waals surface area contributed by atoms with Gasteiger partial charge in [0.2, 0.25) is 0 Å². The summed E-state index contributed by atoms with van der Waals surface area (Å²) >= 11 is 11.9. The Labute approximate surface area is 176 Å². The van der Waals surface area contributed by atoms with Gasteiger partial charge >= 0.3 is 0 Å². The summed E-state index contributed by atoms with van der Waals surface area (Å²) in [6.45, 7) is 0.847. The SMILES string of the molecule is COc1cc2c(cc1OC)C(CCS(=O)(=O)c1ccc(Cl)c(Cl)c1)N(C)CC2. The van der Waals surface area contributed by atoms with Gasteiger partial charge < -0.3 is 9.47 Å². The third kappa shape index (κ3) is 4.25. The fraction of sp³-hybridized carbons (Fsp3) is 0.400. The van der Waals surface area contributed by atoms with Crippen LogP contribution in [0.1, 0.15) is 23.6 Å². The Morgan fingerprint density at radius 1 is 1.07 bits per heavy atom. The van der Waals surface area contributed by atoms with E-state index in [0.717, 1.165) is 24.1 Å². The van der Waals surface area contributed by atoms with Crippen molar-refractivity contribution >= 4 is 33.0 Å². The Bertz CT molecular complexity index is 978. The number of fused-ring (bicyclic) bond motifs is 1. The summed E-state index contributed by atoms with van der Waals surface area (Å²) < 4.78 is 36.5. The summed E-state index contributed by atoms with van der Waals surface area (Å²) in [6.07, 6.45) is 1.34. The van der Waals surface area contributed by atoms with E-state index in [0.29, 0.717) is 22.9 Å². The molecule has 1 heterocycles. The lowest BCUT2D eigenvalue weighted by Crippen LogP contribution is -2.33. The van der Waals surface area contributed by atoms with Crippen molar-refractivity contribution in [3.8, 4) is 11.5 Å². The molecule has 0 amide bonds. The minimum Gasteiger partial charge on any atom is -0.493 e. The second kappa shape index (κ2) is 8.49. The van der Waals surface area contributed by atoms with Crippen LogP contribution < -0.4 is 9.47 Å². The average Bonchev–Trinajstić information content (AvgIpc) is 2.68. The minimum absolute atomic E-state index is 0.00769. The molecular weight excluding hydrogens is 421 g/mol. The van der Waals surface area contributed by atoms with Gasteiger partial charge in [0.05, 0.1) is 34.9 Å². The summed E-state index contributed by atoms with van der Waals surface area (Å²) in [6, 6.07) is 8.33. The standard InChI is InChI=1S/C20H23Cl2NO4S/c1-23-8-6-13-10-19(26-2)20(27-3)12-15(13)18(23)7-9-28(24,25)14-4-5-16(21)17(22)11-14/h4-5,10-12,18H,6-9H2,1-3H3. The van der Waals surface area contributed by atoms with E-state index < -0.39 is 9.84 Å². The van der Waals surface area contributed by atoms with Crippen molar-refractivity contribution in [2.24, 2.45) is 0 Å². The number of ether oxygens (including phenoxy) is 2. The van der Waals surface area contributed by atoms with E-state index in [1.54, 1.807) is 14.2 Å². The number of nitrogens with zero attached hydrogens (tertiary/aromatic N) is 1. The lowest BCUT2D eigenvalue weighted by molar-refractivity contribution is 0.224. The van der Waals surface area contributed by atoms with Gasteiger partial charge in [-0.25, -0.2) is 8.42 Å². The molecule has 0 spiro atoms. The van der Waals surface area contributed by atoms with Crippen LogP contribution in [0.15, 0.2) is 35.2 Å². The molecule has 2 aromatic rings. The molecule has 8 heteroatoms. The Kier molecular flexibility index (Phi) is 6.44. The van der Waals surface area contributed by atoms with Crippen molar-refractivity contribution < 1.29 is 17.9 Å². The molecule has 5 nitrogen and oxygen atoms in total. The Balaban J connectivity index is 1.87. The Morgan fingerprint density at radius 2 is 1.75 bits per heavy atom. The summed E-state index contributed by atoms with van der Waals surface area (Å²) in [5.41, 5.74) is 2.24. The fourth-order valence-corrected chi connectivity index (χ4v) is 5.29. The molecular formula is C20H23Cl2NO4S. The number of methoxy groups -OCH3 is 2. The molecule has 1 atom stereocenters. The smallest absolute Gasteiger partial charge is 0.178 e. The monoisotopic (exact) mass is 443 g/mol. The molecule has 1 aliphatic heterocycles. The van der Waals surface area contributed by atoms with Crippen molar-refractivity contribution in [1.29, 1.82) is 0 Å². The Hall–Kier alpha value is -1.47. The zero-order chi connectivity index (χ0) is 20.5. The number of hydrogen-bond donors (Lipinski definition) is 0. The molecule has 152 valence electrons. The van der Waals surface area contributed by atoms with E-state index in [9.17, 15) is 8.42 Å². The van der Waals surface area contributed by atoms with Crippen LogP contribution in [0.5, 0.6) is 11.5 Å². The highest BCUT2D eigenvalue weighted by atomic mass is 35.5. The van der Waals surface area contributed by atoms with E-state index in [1.165, 1.54) is 18.2 Å². The van der Waals surface area contributed by atoms with Gasteiger partial charge in [0.15, 0.2) is 21.3 Å². The molecule has 0 aromatic heterocycles. The number of rotatable bonds is 6. The maximum atomic E-state index is 12.8. The van der Waals surface area contributed by atoms with Gasteiger partial charge in [0, 0.05) is 12.6 Å². The second-order valence-electron chi connectivity index (χ2n) is 6.84. The van der Waals surface area contributed by atoms with Crippen molar-refractivity contribution in [3.63, 3.8) is 0 Å². The van der Waals surface area contributed by atoms with Crippen molar-refractivity contribution in [1.82, 2.24) is 4.90 Å². The van der Waals surface area contributed by atoms with Crippen molar-refractivity contribution in [3.05, 3.63) is 51.5 Å². The minimum atomic E-state index is -3.48. The zero-order valence-electron chi connectivity index (χ0n) is 16.0. The van der Waals surface area contributed by atoms with Gasteiger partial charge in [-0.15, -0.1) is 0 Å². The van der Waals surface area contributed by atoms with Crippen LogP contribution in [0.3, 0.4) is 0 Å². The van der Waals surface area contributed by atoms with E-state index >= 15 is 0 Å². The highest BCUT2D eigenvalue weighted by molar-refractivity contribution is 7.91. The molecule has 0 fully saturated rings. The van der Waals surface area contributed by atoms with Crippen molar-refractivity contribution in [2.45, 2.75) is 23.8 Å². The van der Waals surface area contributed by atoms with Gasteiger partial charge in [-0.05, 0) is 61.3 Å². The molecule has 3 rings (SSSR count).